The van der Waals surface area contributed by atoms with Gasteiger partial charge in [-0.3, -0.25) is 4.98 Å². The van der Waals surface area contributed by atoms with Crippen molar-refractivity contribution < 1.29 is 8.42 Å². The Labute approximate surface area is 95.2 Å². The molecule has 0 amide bonds. The smallest absolute Gasteiger partial charge is 0.227 e. The third kappa shape index (κ3) is 3.29. The number of pyridine rings is 1. The number of nitriles is 1. The number of aryl methyl sites for hydroxylation is 1. The quantitative estimate of drug-likeness (QED) is 0.839. The van der Waals surface area contributed by atoms with Crippen LogP contribution < -0.4 is 4.72 Å². The summed E-state index contributed by atoms with van der Waals surface area (Å²) in [6.07, 6.45) is 1.61. The molecule has 0 aliphatic carbocycles. The highest BCUT2D eigenvalue weighted by Gasteiger charge is 2.19. The van der Waals surface area contributed by atoms with Crippen LogP contribution in [0.3, 0.4) is 0 Å². The van der Waals surface area contributed by atoms with Gasteiger partial charge in [0.2, 0.25) is 10.0 Å². The molecule has 0 saturated heterocycles. The number of aromatic nitrogens is 1. The van der Waals surface area contributed by atoms with Gasteiger partial charge in [0.15, 0.2) is 5.25 Å². The molecule has 0 aliphatic heterocycles. The van der Waals surface area contributed by atoms with E-state index >= 15 is 0 Å². The summed E-state index contributed by atoms with van der Waals surface area (Å²) in [7, 11) is -3.56. The zero-order valence-electron chi connectivity index (χ0n) is 9.14. The highest BCUT2D eigenvalue weighted by molar-refractivity contribution is 7.90. The van der Waals surface area contributed by atoms with E-state index < -0.39 is 15.3 Å². The minimum atomic E-state index is -3.56. The normalized spacial score (nSPS) is 13.1. The molecule has 0 saturated carbocycles. The lowest BCUT2D eigenvalue weighted by Gasteiger charge is -2.07. The lowest BCUT2D eigenvalue weighted by Crippen LogP contribution is -2.31. The average Bonchev–Trinajstić information content (AvgIpc) is 2.27. The van der Waals surface area contributed by atoms with E-state index in [-0.39, 0.29) is 6.54 Å². The Morgan fingerprint density at radius 1 is 1.56 bits per heavy atom. The van der Waals surface area contributed by atoms with Crippen molar-refractivity contribution in [2.45, 2.75) is 25.6 Å². The van der Waals surface area contributed by atoms with Gasteiger partial charge < -0.3 is 0 Å². The second-order valence-corrected chi connectivity index (χ2v) is 5.53. The first kappa shape index (κ1) is 12.6. The van der Waals surface area contributed by atoms with Gasteiger partial charge in [-0.25, -0.2) is 13.1 Å². The Kier molecular flexibility index (Phi) is 3.99. The van der Waals surface area contributed by atoms with Gasteiger partial charge >= 0.3 is 0 Å². The molecule has 1 N–H and O–H groups in total. The summed E-state index contributed by atoms with van der Waals surface area (Å²) in [6.45, 7) is 3.35. The molecule has 0 aromatic carbocycles. The zero-order chi connectivity index (χ0) is 12.2. The number of hydrogen-bond acceptors (Lipinski definition) is 4. The first-order chi connectivity index (χ1) is 7.45. The predicted molar refractivity (Wildman–Crippen MR) is 59.8 cm³/mol. The molecule has 0 aliphatic rings. The molecule has 0 radical (unpaired) electrons. The Morgan fingerprint density at radius 3 is 2.75 bits per heavy atom. The molecule has 1 heterocycles. The molecule has 1 aromatic heterocycles. The van der Waals surface area contributed by atoms with E-state index in [1.54, 1.807) is 24.4 Å². The maximum Gasteiger partial charge on any atom is 0.227 e. The zero-order valence-corrected chi connectivity index (χ0v) is 9.95. The van der Waals surface area contributed by atoms with Gasteiger partial charge in [0.25, 0.3) is 0 Å². The van der Waals surface area contributed by atoms with Crippen molar-refractivity contribution in [1.82, 2.24) is 9.71 Å². The summed E-state index contributed by atoms with van der Waals surface area (Å²) >= 11 is 0. The Morgan fingerprint density at radius 2 is 2.25 bits per heavy atom. The first-order valence-corrected chi connectivity index (χ1v) is 6.30. The molecule has 5 nitrogen and oxygen atoms in total. The van der Waals surface area contributed by atoms with Crippen molar-refractivity contribution in [1.29, 1.82) is 5.26 Å². The van der Waals surface area contributed by atoms with Gasteiger partial charge in [-0.2, -0.15) is 5.26 Å². The fourth-order valence-electron chi connectivity index (χ4n) is 0.981. The van der Waals surface area contributed by atoms with Crippen LogP contribution in [0.25, 0.3) is 0 Å². The topological polar surface area (TPSA) is 82.9 Å². The minimum absolute atomic E-state index is 0.154. The molecular weight excluding hydrogens is 226 g/mol. The third-order valence-electron chi connectivity index (χ3n) is 2.10. The largest absolute Gasteiger partial charge is 0.261 e. The summed E-state index contributed by atoms with van der Waals surface area (Å²) in [5.41, 5.74) is 1.64. The molecule has 0 bridgehead atoms. The molecule has 1 rings (SSSR count). The van der Waals surface area contributed by atoms with E-state index in [0.717, 1.165) is 11.3 Å². The van der Waals surface area contributed by atoms with Gasteiger partial charge in [0.1, 0.15) is 0 Å². The van der Waals surface area contributed by atoms with Crippen LogP contribution >= 0.6 is 0 Å². The van der Waals surface area contributed by atoms with Crippen molar-refractivity contribution in [3.63, 3.8) is 0 Å². The SMILES string of the molecule is Cc1ccc(CNS(=O)(=O)C(C)C#N)cn1. The molecular formula is C10H13N3O2S. The standard InChI is InChI=1S/C10H13N3O2S/c1-8-3-4-10(6-12-8)7-13-16(14,15)9(2)5-11/h3-4,6,9,13H,7H2,1-2H3. The molecule has 0 fully saturated rings. The molecule has 0 spiro atoms. The number of sulfonamides is 1. The monoisotopic (exact) mass is 239 g/mol. The van der Waals surface area contributed by atoms with E-state index in [4.69, 9.17) is 5.26 Å². The molecule has 6 heteroatoms. The molecule has 1 aromatic rings. The van der Waals surface area contributed by atoms with Crippen LogP contribution in [-0.2, 0) is 16.6 Å². The van der Waals surface area contributed by atoms with Crippen molar-refractivity contribution in [3.05, 3.63) is 29.6 Å². The van der Waals surface area contributed by atoms with Gasteiger partial charge in [-0.15, -0.1) is 0 Å². The van der Waals surface area contributed by atoms with Crippen LogP contribution in [0, 0.1) is 18.3 Å². The molecule has 1 unspecified atom stereocenters. The van der Waals surface area contributed by atoms with Gasteiger partial charge in [0.05, 0.1) is 6.07 Å². The molecule has 16 heavy (non-hydrogen) atoms. The summed E-state index contributed by atoms with van der Waals surface area (Å²) in [5.74, 6) is 0. The van der Waals surface area contributed by atoms with Crippen molar-refractivity contribution >= 4 is 10.0 Å². The third-order valence-corrected chi connectivity index (χ3v) is 3.68. The van der Waals surface area contributed by atoms with Gasteiger partial charge in [-0.1, -0.05) is 6.07 Å². The van der Waals surface area contributed by atoms with E-state index in [0.29, 0.717) is 0 Å². The summed E-state index contributed by atoms with van der Waals surface area (Å²) in [5, 5.41) is 7.47. The Bertz CT molecular complexity index is 488. The second kappa shape index (κ2) is 5.05. The van der Waals surface area contributed by atoms with Gasteiger partial charge in [0, 0.05) is 18.4 Å². The van der Waals surface area contributed by atoms with Crippen molar-refractivity contribution in [2.75, 3.05) is 0 Å². The van der Waals surface area contributed by atoms with E-state index in [1.807, 2.05) is 6.92 Å². The van der Waals surface area contributed by atoms with Crippen molar-refractivity contribution in [3.8, 4) is 6.07 Å². The summed E-state index contributed by atoms with van der Waals surface area (Å²) < 4.78 is 25.3. The highest BCUT2D eigenvalue weighted by Crippen LogP contribution is 2.02. The molecule has 86 valence electrons. The fraction of sp³-hybridized carbons (Fsp3) is 0.400. The Balaban J connectivity index is 2.66. The number of rotatable bonds is 4. The lowest BCUT2D eigenvalue weighted by molar-refractivity contribution is 0.577. The predicted octanol–water partition coefficient (Wildman–Crippen LogP) is 0.721. The average molecular weight is 239 g/mol. The van der Waals surface area contributed by atoms with E-state index in [1.165, 1.54) is 6.92 Å². The second-order valence-electron chi connectivity index (χ2n) is 3.45. The van der Waals surface area contributed by atoms with Crippen LogP contribution in [0.2, 0.25) is 0 Å². The number of hydrogen-bond donors (Lipinski definition) is 1. The molecule has 1 atom stereocenters. The fourth-order valence-corrected chi connectivity index (χ4v) is 1.74. The number of nitrogens with zero attached hydrogens (tertiary/aromatic N) is 2. The van der Waals surface area contributed by atoms with Crippen LogP contribution in [0.1, 0.15) is 18.2 Å². The van der Waals surface area contributed by atoms with Gasteiger partial charge in [-0.05, 0) is 25.5 Å². The van der Waals surface area contributed by atoms with E-state index in [2.05, 4.69) is 9.71 Å². The Hall–Kier alpha value is -1.45. The first-order valence-electron chi connectivity index (χ1n) is 4.75. The van der Waals surface area contributed by atoms with Crippen LogP contribution in [0.5, 0.6) is 0 Å². The maximum atomic E-state index is 11.4. The highest BCUT2D eigenvalue weighted by atomic mass is 32.2. The van der Waals surface area contributed by atoms with Crippen LogP contribution in [-0.4, -0.2) is 18.7 Å². The maximum absolute atomic E-state index is 11.4. The summed E-state index contributed by atoms with van der Waals surface area (Å²) in [4.78, 5) is 4.04. The lowest BCUT2D eigenvalue weighted by atomic mass is 10.2. The van der Waals surface area contributed by atoms with Crippen LogP contribution in [0.4, 0.5) is 0 Å². The summed E-state index contributed by atoms with van der Waals surface area (Å²) in [6, 6.07) is 5.28. The van der Waals surface area contributed by atoms with Crippen molar-refractivity contribution in [2.24, 2.45) is 0 Å². The minimum Gasteiger partial charge on any atom is -0.261 e. The van der Waals surface area contributed by atoms with E-state index in [9.17, 15) is 8.42 Å². The number of nitrogens with one attached hydrogen (secondary N) is 1. The van der Waals surface area contributed by atoms with Crippen LogP contribution in [0.15, 0.2) is 18.3 Å².